The van der Waals surface area contributed by atoms with Crippen LogP contribution in [0.4, 0.5) is 0 Å². The number of carbonyl (C=O) groups excluding carboxylic acids is 1. The van der Waals surface area contributed by atoms with E-state index in [0.29, 0.717) is 24.2 Å². The van der Waals surface area contributed by atoms with E-state index < -0.39 is 0 Å². The minimum Gasteiger partial charge on any atom is -0.459 e. The molecule has 3 aromatic rings. The Labute approximate surface area is 176 Å². The van der Waals surface area contributed by atoms with Gasteiger partial charge >= 0.3 is 0 Å². The van der Waals surface area contributed by atoms with Gasteiger partial charge in [0.25, 0.3) is 5.91 Å². The molecule has 152 valence electrons. The van der Waals surface area contributed by atoms with Gasteiger partial charge < -0.3 is 18.8 Å². The number of likely N-dealkylation sites (N-methyl/N-ethyl adjacent to an activating group) is 1. The van der Waals surface area contributed by atoms with Crippen molar-refractivity contribution in [3.63, 3.8) is 0 Å². The molecule has 5 nitrogen and oxygen atoms in total. The summed E-state index contributed by atoms with van der Waals surface area (Å²) in [6.07, 6.45) is 4.37. The van der Waals surface area contributed by atoms with Crippen LogP contribution in [0.15, 0.2) is 59.1 Å². The topological polar surface area (TPSA) is 42.8 Å². The second-order valence-corrected chi connectivity index (χ2v) is 8.28. The first-order valence-corrected chi connectivity index (χ1v) is 10.4. The first-order chi connectivity index (χ1) is 14.0. The van der Waals surface area contributed by atoms with E-state index in [1.807, 2.05) is 43.4 Å². The number of rotatable bonds is 6. The number of benzene rings is 1. The fourth-order valence-corrected chi connectivity index (χ4v) is 4.33. The molecule has 1 aromatic carbocycles. The third-order valence-electron chi connectivity index (χ3n) is 5.81. The molecule has 0 radical (unpaired) electrons. The fraction of sp³-hybridized carbons (Fsp3) is 0.348. The summed E-state index contributed by atoms with van der Waals surface area (Å²) in [6, 6.07) is 16.1. The van der Waals surface area contributed by atoms with Gasteiger partial charge in [-0.05, 0) is 48.5 Å². The van der Waals surface area contributed by atoms with Crippen LogP contribution >= 0.6 is 11.6 Å². The lowest BCUT2D eigenvalue weighted by atomic mass is 10.1. The monoisotopic (exact) mass is 412 g/mol. The van der Waals surface area contributed by atoms with Gasteiger partial charge in [-0.1, -0.05) is 11.6 Å². The average Bonchev–Trinajstić information content (AvgIpc) is 3.44. The van der Waals surface area contributed by atoms with Crippen molar-refractivity contribution in [3.8, 4) is 11.3 Å². The van der Waals surface area contributed by atoms with Gasteiger partial charge in [-0.3, -0.25) is 4.79 Å². The molecule has 2 aromatic heterocycles. The lowest BCUT2D eigenvalue weighted by Crippen LogP contribution is -3.11. The molecule has 0 saturated carbocycles. The number of nitrogens with zero attached hydrogens (tertiary/aromatic N) is 2. The molecule has 0 spiro atoms. The summed E-state index contributed by atoms with van der Waals surface area (Å²) in [5.41, 5.74) is 2.29. The molecule has 3 heterocycles. The van der Waals surface area contributed by atoms with Gasteiger partial charge in [-0.2, -0.15) is 0 Å². The van der Waals surface area contributed by atoms with Gasteiger partial charge in [-0.15, -0.1) is 0 Å². The predicted octanol–water partition coefficient (Wildman–Crippen LogP) is 3.32. The standard InChI is InChI=1S/C23H26ClN3O2/c1-25-13-3-5-20(25)21-6-4-14-27(21)16-23(28)26(2)15-19-11-12-22(29-19)17-7-9-18(24)10-8-17/h3,5,7-13,21H,4,6,14-16H2,1-2H3/p+1/t21-/m1/s1. The van der Waals surface area contributed by atoms with Gasteiger partial charge in [0.1, 0.15) is 17.6 Å². The zero-order valence-corrected chi connectivity index (χ0v) is 17.7. The van der Waals surface area contributed by atoms with Crippen LogP contribution in [0.1, 0.15) is 30.3 Å². The molecule has 1 saturated heterocycles. The fourth-order valence-electron chi connectivity index (χ4n) is 4.20. The van der Waals surface area contributed by atoms with Crippen LogP contribution in [0, 0.1) is 0 Å². The van der Waals surface area contributed by atoms with Crippen LogP contribution in [0.25, 0.3) is 11.3 Å². The number of aryl methyl sites for hydroxylation is 1. The summed E-state index contributed by atoms with van der Waals surface area (Å²) < 4.78 is 8.12. The number of aromatic nitrogens is 1. The first kappa shape index (κ1) is 19.8. The molecular formula is C23H27ClN3O2+. The minimum atomic E-state index is 0.144. The molecular weight excluding hydrogens is 386 g/mol. The van der Waals surface area contributed by atoms with E-state index in [1.165, 1.54) is 10.6 Å². The SMILES string of the molecule is CN(Cc1ccc(-c2ccc(Cl)cc2)o1)C(=O)C[NH+]1CCC[C@@H]1c1cccn1C. The van der Waals surface area contributed by atoms with Gasteiger partial charge in [0.2, 0.25) is 0 Å². The maximum absolute atomic E-state index is 12.9. The Morgan fingerprint density at radius 2 is 2.03 bits per heavy atom. The van der Waals surface area contributed by atoms with Crippen molar-refractivity contribution in [2.24, 2.45) is 7.05 Å². The van der Waals surface area contributed by atoms with Gasteiger partial charge in [0.15, 0.2) is 6.54 Å². The van der Waals surface area contributed by atoms with E-state index in [0.717, 1.165) is 36.5 Å². The molecule has 1 N–H and O–H groups in total. The quantitative estimate of drug-likeness (QED) is 0.675. The molecule has 1 aliphatic heterocycles. The van der Waals surface area contributed by atoms with Crippen LogP contribution in [0.2, 0.25) is 5.02 Å². The molecule has 1 amide bonds. The van der Waals surface area contributed by atoms with Gasteiger partial charge in [0, 0.05) is 43.7 Å². The van der Waals surface area contributed by atoms with Crippen molar-refractivity contribution in [2.45, 2.75) is 25.4 Å². The van der Waals surface area contributed by atoms with Crippen LogP contribution < -0.4 is 4.90 Å². The third-order valence-corrected chi connectivity index (χ3v) is 6.06. The van der Waals surface area contributed by atoms with E-state index in [1.54, 1.807) is 4.90 Å². The zero-order chi connectivity index (χ0) is 20.4. The number of hydrogen-bond donors (Lipinski definition) is 1. The van der Waals surface area contributed by atoms with E-state index in [-0.39, 0.29) is 5.91 Å². The molecule has 1 unspecified atom stereocenters. The third kappa shape index (κ3) is 4.41. The number of hydrogen-bond acceptors (Lipinski definition) is 2. The highest BCUT2D eigenvalue weighted by molar-refractivity contribution is 6.30. The number of halogens is 1. The highest BCUT2D eigenvalue weighted by Crippen LogP contribution is 2.24. The van der Waals surface area contributed by atoms with Crippen molar-refractivity contribution in [1.29, 1.82) is 0 Å². The number of likely N-dealkylation sites (tertiary alicyclic amines) is 1. The number of amides is 1. The van der Waals surface area contributed by atoms with Gasteiger partial charge in [-0.25, -0.2) is 0 Å². The number of carbonyl (C=O) groups is 1. The molecule has 4 rings (SSSR count). The molecule has 29 heavy (non-hydrogen) atoms. The van der Waals surface area contributed by atoms with E-state index in [2.05, 4.69) is 29.9 Å². The normalized spacial score (nSPS) is 18.9. The summed E-state index contributed by atoms with van der Waals surface area (Å²) in [5.74, 6) is 1.71. The average molecular weight is 413 g/mol. The summed E-state index contributed by atoms with van der Waals surface area (Å²) >= 11 is 5.95. The Bertz CT molecular complexity index is 976. The lowest BCUT2D eigenvalue weighted by molar-refractivity contribution is -0.911. The van der Waals surface area contributed by atoms with Crippen molar-refractivity contribution in [1.82, 2.24) is 9.47 Å². The van der Waals surface area contributed by atoms with Crippen LogP contribution in [-0.4, -0.2) is 35.5 Å². The second-order valence-electron chi connectivity index (χ2n) is 7.85. The molecule has 6 heteroatoms. The Morgan fingerprint density at radius 1 is 1.24 bits per heavy atom. The predicted molar refractivity (Wildman–Crippen MR) is 114 cm³/mol. The van der Waals surface area contributed by atoms with E-state index in [4.69, 9.17) is 16.0 Å². The minimum absolute atomic E-state index is 0.144. The molecule has 0 bridgehead atoms. The summed E-state index contributed by atoms with van der Waals surface area (Å²) in [7, 11) is 3.92. The molecule has 1 aliphatic rings. The highest BCUT2D eigenvalue weighted by atomic mass is 35.5. The molecule has 2 atom stereocenters. The first-order valence-electron chi connectivity index (χ1n) is 10.1. The van der Waals surface area contributed by atoms with Gasteiger partial charge in [0.05, 0.1) is 18.8 Å². The zero-order valence-electron chi connectivity index (χ0n) is 16.9. The smallest absolute Gasteiger partial charge is 0.277 e. The Morgan fingerprint density at radius 3 is 2.76 bits per heavy atom. The Balaban J connectivity index is 1.37. The van der Waals surface area contributed by atoms with Crippen LogP contribution in [-0.2, 0) is 18.4 Å². The Hall–Kier alpha value is -2.50. The second kappa shape index (κ2) is 8.47. The van der Waals surface area contributed by atoms with E-state index in [9.17, 15) is 4.79 Å². The number of quaternary nitrogens is 1. The summed E-state index contributed by atoms with van der Waals surface area (Å²) in [4.78, 5) is 16.0. The number of furan rings is 1. The van der Waals surface area contributed by atoms with Crippen molar-refractivity contribution >= 4 is 17.5 Å². The number of nitrogens with one attached hydrogen (secondary N) is 1. The highest BCUT2D eigenvalue weighted by Gasteiger charge is 2.33. The van der Waals surface area contributed by atoms with Crippen LogP contribution in [0.3, 0.4) is 0 Å². The molecule has 1 fully saturated rings. The largest absolute Gasteiger partial charge is 0.459 e. The Kier molecular flexibility index (Phi) is 5.79. The van der Waals surface area contributed by atoms with Crippen LogP contribution in [0.5, 0.6) is 0 Å². The maximum Gasteiger partial charge on any atom is 0.277 e. The van der Waals surface area contributed by atoms with Crippen molar-refractivity contribution < 1.29 is 14.1 Å². The maximum atomic E-state index is 12.9. The summed E-state index contributed by atoms with van der Waals surface area (Å²) in [6.45, 7) is 2.02. The lowest BCUT2D eigenvalue weighted by Gasteiger charge is -2.24. The van der Waals surface area contributed by atoms with Crippen molar-refractivity contribution in [3.05, 3.63) is 71.2 Å². The van der Waals surface area contributed by atoms with Crippen molar-refractivity contribution in [2.75, 3.05) is 20.1 Å². The summed E-state index contributed by atoms with van der Waals surface area (Å²) in [5, 5.41) is 0.698. The van der Waals surface area contributed by atoms with E-state index >= 15 is 0 Å². The molecule has 0 aliphatic carbocycles.